The molecule has 0 saturated carbocycles. The quantitative estimate of drug-likeness (QED) is 0.460. The van der Waals surface area contributed by atoms with Crippen molar-refractivity contribution in [3.63, 3.8) is 0 Å². The summed E-state index contributed by atoms with van der Waals surface area (Å²) >= 11 is 3.40. The molecule has 5 nitrogen and oxygen atoms in total. The SMILES string of the molecule is Cc1cccc(NCC(=O)N/N=C/c2ccc(-c3ccc(Br)cc3)o2)c1. The molecule has 0 atom stereocenters. The van der Waals surface area contributed by atoms with Gasteiger partial charge in [-0.25, -0.2) is 5.43 Å². The van der Waals surface area contributed by atoms with Gasteiger partial charge in [0.1, 0.15) is 11.5 Å². The summed E-state index contributed by atoms with van der Waals surface area (Å²) in [6, 6.07) is 19.3. The van der Waals surface area contributed by atoms with Crippen LogP contribution >= 0.6 is 15.9 Å². The number of carbonyl (C=O) groups is 1. The molecular formula is C20H18BrN3O2. The van der Waals surface area contributed by atoms with E-state index in [9.17, 15) is 4.79 Å². The lowest BCUT2D eigenvalue weighted by Crippen LogP contribution is -2.25. The van der Waals surface area contributed by atoms with Crippen LogP contribution in [0.2, 0.25) is 0 Å². The number of hydrogen-bond donors (Lipinski definition) is 2. The van der Waals surface area contributed by atoms with E-state index in [2.05, 4.69) is 31.8 Å². The summed E-state index contributed by atoms with van der Waals surface area (Å²) in [6.45, 7) is 2.14. The lowest BCUT2D eigenvalue weighted by atomic mass is 10.2. The van der Waals surface area contributed by atoms with Gasteiger partial charge in [0.15, 0.2) is 0 Å². The number of furan rings is 1. The van der Waals surface area contributed by atoms with Crippen LogP contribution in [-0.4, -0.2) is 18.7 Å². The molecule has 26 heavy (non-hydrogen) atoms. The highest BCUT2D eigenvalue weighted by atomic mass is 79.9. The van der Waals surface area contributed by atoms with Crippen molar-refractivity contribution in [3.05, 3.63) is 76.5 Å². The summed E-state index contributed by atoms with van der Waals surface area (Å²) in [4.78, 5) is 11.8. The Morgan fingerprint density at radius 2 is 1.96 bits per heavy atom. The van der Waals surface area contributed by atoms with Gasteiger partial charge in [-0.2, -0.15) is 5.10 Å². The molecule has 0 aliphatic carbocycles. The van der Waals surface area contributed by atoms with E-state index >= 15 is 0 Å². The average molecular weight is 412 g/mol. The number of amides is 1. The van der Waals surface area contributed by atoms with Gasteiger partial charge in [0.05, 0.1) is 12.8 Å². The topological polar surface area (TPSA) is 66.6 Å². The van der Waals surface area contributed by atoms with E-state index in [-0.39, 0.29) is 12.5 Å². The first-order valence-electron chi connectivity index (χ1n) is 8.08. The van der Waals surface area contributed by atoms with Crippen molar-refractivity contribution in [2.75, 3.05) is 11.9 Å². The molecule has 0 fully saturated rings. The van der Waals surface area contributed by atoms with E-state index in [0.717, 1.165) is 27.0 Å². The number of anilines is 1. The molecule has 3 aromatic rings. The number of benzene rings is 2. The minimum atomic E-state index is -0.234. The first-order valence-corrected chi connectivity index (χ1v) is 8.88. The Hall–Kier alpha value is -2.86. The van der Waals surface area contributed by atoms with Crippen LogP contribution in [0.3, 0.4) is 0 Å². The van der Waals surface area contributed by atoms with Crippen LogP contribution in [-0.2, 0) is 4.79 Å². The number of hydrogen-bond acceptors (Lipinski definition) is 4. The summed E-state index contributed by atoms with van der Waals surface area (Å²) in [6.07, 6.45) is 1.48. The van der Waals surface area contributed by atoms with Gasteiger partial charge in [-0.3, -0.25) is 4.79 Å². The molecule has 0 saturated heterocycles. The summed E-state index contributed by atoms with van der Waals surface area (Å²) in [5.74, 6) is 1.07. The number of halogens is 1. The van der Waals surface area contributed by atoms with E-state index in [1.807, 2.05) is 61.5 Å². The molecule has 0 spiro atoms. The van der Waals surface area contributed by atoms with Gasteiger partial charge in [-0.15, -0.1) is 0 Å². The Labute approximate surface area is 160 Å². The standard InChI is InChI=1S/C20H18BrN3O2/c1-14-3-2-4-17(11-14)22-13-20(25)24-23-12-18-9-10-19(26-18)15-5-7-16(21)8-6-15/h2-12,22H,13H2,1H3,(H,24,25)/b23-12+. The first-order chi connectivity index (χ1) is 12.6. The maximum Gasteiger partial charge on any atom is 0.259 e. The second kappa shape index (κ2) is 8.49. The van der Waals surface area contributed by atoms with Crippen LogP contribution in [0.5, 0.6) is 0 Å². The molecule has 6 heteroatoms. The van der Waals surface area contributed by atoms with Crippen LogP contribution in [0.1, 0.15) is 11.3 Å². The monoisotopic (exact) mass is 411 g/mol. The predicted octanol–water partition coefficient (Wildman–Crippen LogP) is 4.58. The minimum absolute atomic E-state index is 0.142. The van der Waals surface area contributed by atoms with Gasteiger partial charge in [0, 0.05) is 15.7 Å². The van der Waals surface area contributed by atoms with Crippen molar-refractivity contribution >= 4 is 33.7 Å². The minimum Gasteiger partial charge on any atom is -0.455 e. The zero-order chi connectivity index (χ0) is 18.4. The second-order valence-electron chi connectivity index (χ2n) is 5.73. The van der Waals surface area contributed by atoms with Gasteiger partial charge in [0.2, 0.25) is 0 Å². The molecular weight excluding hydrogens is 394 g/mol. The van der Waals surface area contributed by atoms with Gasteiger partial charge in [-0.1, -0.05) is 40.2 Å². The molecule has 3 rings (SSSR count). The third-order valence-electron chi connectivity index (χ3n) is 3.61. The highest BCUT2D eigenvalue weighted by Crippen LogP contribution is 2.23. The van der Waals surface area contributed by atoms with E-state index < -0.39 is 0 Å². The van der Waals surface area contributed by atoms with E-state index in [0.29, 0.717) is 5.76 Å². The lowest BCUT2D eigenvalue weighted by Gasteiger charge is -2.05. The number of rotatable bonds is 6. The number of hydrazone groups is 1. The van der Waals surface area contributed by atoms with Crippen LogP contribution < -0.4 is 10.7 Å². The van der Waals surface area contributed by atoms with Gasteiger partial charge >= 0.3 is 0 Å². The maximum atomic E-state index is 11.8. The lowest BCUT2D eigenvalue weighted by molar-refractivity contribution is -0.119. The Kier molecular flexibility index (Phi) is 5.86. The second-order valence-corrected chi connectivity index (χ2v) is 6.64. The molecule has 0 aliphatic rings. The smallest absolute Gasteiger partial charge is 0.259 e. The zero-order valence-electron chi connectivity index (χ0n) is 14.2. The van der Waals surface area contributed by atoms with Crippen molar-refractivity contribution in [3.8, 4) is 11.3 Å². The summed E-state index contributed by atoms with van der Waals surface area (Å²) in [5, 5.41) is 6.98. The maximum absolute atomic E-state index is 11.8. The predicted molar refractivity (Wildman–Crippen MR) is 107 cm³/mol. The van der Waals surface area contributed by atoms with E-state index in [1.54, 1.807) is 6.07 Å². The zero-order valence-corrected chi connectivity index (χ0v) is 15.8. The number of nitrogens with one attached hydrogen (secondary N) is 2. The van der Waals surface area contributed by atoms with Crippen LogP contribution in [0.4, 0.5) is 5.69 Å². The van der Waals surface area contributed by atoms with Gasteiger partial charge < -0.3 is 9.73 Å². The fourth-order valence-corrected chi connectivity index (χ4v) is 2.60. The van der Waals surface area contributed by atoms with Gasteiger partial charge in [-0.05, 0) is 48.9 Å². The number of aryl methyl sites for hydroxylation is 1. The van der Waals surface area contributed by atoms with Gasteiger partial charge in [0.25, 0.3) is 5.91 Å². The highest BCUT2D eigenvalue weighted by molar-refractivity contribution is 9.10. The Bertz CT molecular complexity index is 917. The third-order valence-corrected chi connectivity index (χ3v) is 4.14. The Morgan fingerprint density at radius 3 is 2.73 bits per heavy atom. The Morgan fingerprint density at radius 1 is 1.15 bits per heavy atom. The summed E-state index contributed by atoms with van der Waals surface area (Å²) in [7, 11) is 0. The van der Waals surface area contributed by atoms with E-state index in [4.69, 9.17) is 4.42 Å². The van der Waals surface area contributed by atoms with Crippen LogP contribution in [0, 0.1) is 6.92 Å². The fourth-order valence-electron chi connectivity index (χ4n) is 2.34. The number of carbonyl (C=O) groups excluding carboxylic acids is 1. The molecule has 0 aliphatic heterocycles. The highest BCUT2D eigenvalue weighted by Gasteiger charge is 2.04. The van der Waals surface area contributed by atoms with Crippen molar-refractivity contribution in [2.24, 2.45) is 5.10 Å². The molecule has 1 aromatic heterocycles. The third kappa shape index (κ3) is 5.07. The Balaban J connectivity index is 1.50. The average Bonchev–Trinajstić information content (AvgIpc) is 3.09. The van der Waals surface area contributed by atoms with Crippen molar-refractivity contribution in [1.29, 1.82) is 0 Å². The van der Waals surface area contributed by atoms with E-state index in [1.165, 1.54) is 6.21 Å². The largest absolute Gasteiger partial charge is 0.455 e. The molecule has 1 heterocycles. The number of nitrogens with zero attached hydrogens (tertiary/aromatic N) is 1. The fraction of sp³-hybridized carbons (Fsp3) is 0.100. The molecule has 1 amide bonds. The van der Waals surface area contributed by atoms with Crippen molar-refractivity contribution in [1.82, 2.24) is 5.43 Å². The molecule has 2 N–H and O–H groups in total. The first kappa shape index (κ1) is 17.9. The molecule has 2 aromatic carbocycles. The summed E-state index contributed by atoms with van der Waals surface area (Å²) < 4.78 is 6.71. The van der Waals surface area contributed by atoms with Crippen molar-refractivity contribution in [2.45, 2.75) is 6.92 Å². The van der Waals surface area contributed by atoms with Crippen LogP contribution in [0.25, 0.3) is 11.3 Å². The molecule has 0 unspecified atom stereocenters. The normalized spacial score (nSPS) is 10.8. The molecule has 0 radical (unpaired) electrons. The molecule has 132 valence electrons. The van der Waals surface area contributed by atoms with Crippen LogP contribution in [0.15, 0.2) is 74.7 Å². The van der Waals surface area contributed by atoms with Crippen molar-refractivity contribution < 1.29 is 9.21 Å². The summed E-state index contributed by atoms with van der Waals surface area (Å²) in [5.41, 5.74) is 5.48. The molecule has 0 bridgehead atoms.